The highest BCUT2D eigenvalue weighted by atomic mass is 16.6. The van der Waals surface area contributed by atoms with Gasteiger partial charge in [-0.05, 0) is 39.0 Å². The summed E-state index contributed by atoms with van der Waals surface area (Å²) in [4.78, 5) is 11.1. The molecule has 20 heavy (non-hydrogen) atoms. The van der Waals surface area contributed by atoms with Gasteiger partial charge in [-0.1, -0.05) is 0 Å². The number of rotatable bonds is 6. The zero-order valence-corrected chi connectivity index (χ0v) is 12.8. The zero-order valence-electron chi connectivity index (χ0n) is 12.8. The molecule has 1 rings (SSSR count). The molecule has 0 saturated heterocycles. The highest BCUT2D eigenvalue weighted by molar-refractivity contribution is 5.70. The number of hydrogen-bond donors (Lipinski definition) is 1. The van der Waals surface area contributed by atoms with Gasteiger partial charge in [0.2, 0.25) is 0 Å². The van der Waals surface area contributed by atoms with Crippen molar-refractivity contribution in [2.24, 2.45) is 0 Å². The molecule has 0 aliphatic rings. The van der Waals surface area contributed by atoms with Gasteiger partial charge in [-0.2, -0.15) is 0 Å². The average molecular weight is 281 g/mol. The first-order chi connectivity index (χ1) is 9.35. The number of ether oxygens (including phenoxy) is 3. The fraction of sp³-hybridized carbons (Fsp3) is 0.533. The number of carbonyl (C=O) groups is 1. The van der Waals surface area contributed by atoms with Crippen LogP contribution in [-0.2, 0) is 16.1 Å². The summed E-state index contributed by atoms with van der Waals surface area (Å²) in [5.41, 5.74) is 0.922. The van der Waals surface area contributed by atoms with Crippen LogP contribution in [0.1, 0.15) is 26.3 Å². The average Bonchev–Trinajstić information content (AvgIpc) is 2.41. The third kappa shape index (κ3) is 5.48. The number of carbonyl (C=O) groups excluding carboxylic acids is 1. The molecule has 0 unspecified atom stereocenters. The van der Waals surface area contributed by atoms with Gasteiger partial charge in [-0.25, -0.2) is 4.79 Å². The van der Waals surface area contributed by atoms with Gasteiger partial charge in [0.15, 0.2) is 6.61 Å². The van der Waals surface area contributed by atoms with Crippen LogP contribution in [0.2, 0.25) is 0 Å². The Labute approximate surface area is 120 Å². The molecule has 0 heterocycles. The molecule has 0 aromatic heterocycles. The number of nitrogens with one attached hydrogen (secondary N) is 1. The van der Waals surface area contributed by atoms with Crippen molar-refractivity contribution in [2.45, 2.75) is 32.9 Å². The minimum Gasteiger partial charge on any atom is -0.497 e. The van der Waals surface area contributed by atoms with Gasteiger partial charge in [0.1, 0.15) is 11.5 Å². The molecule has 1 aromatic carbocycles. The van der Waals surface area contributed by atoms with E-state index < -0.39 is 5.97 Å². The van der Waals surface area contributed by atoms with Crippen molar-refractivity contribution in [1.82, 2.24) is 5.32 Å². The first-order valence-corrected chi connectivity index (χ1v) is 6.47. The van der Waals surface area contributed by atoms with Gasteiger partial charge in [0.05, 0.1) is 14.2 Å². The second-order valence-electron chi connectivity index (χ2n) is 5.44. The highest BCUT2D eigenvalue weighted by Crippen LogP contribution is 2.24. The second kappa shape index (κ2) is 7.14. The van der Waals surface area contributed by atoms with E-state index in [1.54, 1.807) is 19.2 Å². The van der Waals surface area contributed by atoms with Crippen LogP contribution in [-0.4, -0.2) is 32.3 Å². The van der Waals surface area contributed by atoms with E-state index in [1.165, 1.54) is 7.11 Å². The summed E-state index contributed by atoms with van der Waals surface area (Å²) in [5.74, 6) is 0.990. The molecular weight excluding hydrogens is 258 g/mol. The Morgan fingerprint density at radius 3 is 2.50 bits per heavy atom. The maximum atomic E-state index is 11.1. The van der Waals surface area contributed by atoms with E-state index in [4.69, 9.17) is 9.47 Å². The third-order valence-corrected chi connectivity index (χ3v) is 2.65. The van der Waals surface area contributed by atoms with Crippen LogP contribution in [0.15, 0.2) is 18.2 Å². The van der Waals surface area contributed by atoms with Crippen molar-refractivity contribution in [1.29, 1.82) is 0 Å². The van der Waals surface area contributed by atoms with Crippen molar-refractivity contribution in [3.05, 3.63) is 23.8 Å². The topological polar surface area (TPSA) is 56.8 Å². The maximum Gasteiger partial charge on any atom is 0.343 e. The number of hydrogen-bond acceptors (Lipinski definition) is 5. The monoisotopic (exact) mass is 281 g/mol. The highest BCUT2D eigenvalue weighted by Gasteiger charge is 2.13. The zero-order chi connectivity index (χ0) is 15.2. The molecule has 0 aliphatic heterocycles. The molecule has 0 fully saturated rings. The fourth-order valence-corrected chi connectivity index (χ4v) is 1.52. The molecule has 5 heteroatoms. The van der Waals surface area contributed by atoms with Crippen molar-refractivity contribution in [2.75, 3.05) is 20.8 Å². The summed E-state index contributed by atoms with van der Waals surface area (Å²) in [6.07, 6.45) is 0. The minimum absolute atomic E-state index is 0.0112. The lowest BCUT2D eigenvalue weighted by Crippen LogP contribution is -2.35. The van der Waals surface area contributed by atoms with Crippen LogP contribution in [0.3, 0.4) is 0 Å². The summed E-state index contributed by atoms with van der Waals surface area (Å²) in [5, 5.41) is 3.38. The Bertz CT molecular complexity index is 452. The standard InChI is InChI=1S/C15H23NO4/c1-15(2,3)16-9-11-8-12(18-4)6-7-13(11)20-10-14(17)19-5/h6-8,16H,9-10H2,1-5H3. The summed E-state index contributed by atoms with van der Waals surface area (Å²) in [7, 11) is 2.95. The predicted octanol–water partition coefficient (Wildman–Crippen LogP) is 2.14. The Morgan fingerprint density at radius 1 is 1.25 bits per heavy atom. The third-order valence-electron chi connectivity index (χ3n) is 2.65. The Morgan fingerprint density at radius 2 is 1.95 bits per heavy atom. The van der Waals surface area contributed by atoms with E-state index in [0.717, 1.165) is 11.3 Å². The molecule has 112 valence electrons. The van der Waals surface area contributed by atoms with Crippen LogP contribution >= 0.6 is 0 Å². The van der Waals surface area contributed by atoms with Crippen molar-refractivity contribution in [3.63, 3.8) is 0 Å². The Balaban J connectivity index is 2.83. The lowest BCUT2D eigenvalue weighted by Gasteiger charge is -2.22. The first-order valence-electron chi connectivity index (χ1n) is 6.47. The van der Waals surface area contributed by atoms with Crippen LogP contribution in [0.5, 0.6) is 11.5 Å². The molecule has 0 radical (unpaired) electrons. The molecule has 1 N–H and O–H groups in total. The summed E-state index contributed by atoms with van der Waals surface area (Å²) in [6.45, 7) is 6.77. The first kappa shape index (κ1) is 16.3. The largest absolute Gasteiger partial charge is 0.497 e. The molecule has 0 spiro atoms. The van der Waals surface area contributed by atoms with Crippen LogP contribution < -0.4 is 14.8 Å². The van der Waals surface area contributed by atoms with Crippen LogP contribution in [0.4, 0.5) is 0 Å². The van der Waals surface area contributed by atoms with E-state index in [2.05, 4.69) is 30.8 Å². The van der Waals surface area contributed by atoms with Gasteiger partial charge < -0.3 is 19.5 Å². The normalized spacial score (nSPS) is 11.1. The molecule has 0 aliphatic carbocycles. The van der Waals surface area contributed by atoms with Crippen molar-refractivity contribution in [3.8, 4) is 11.5 Å². The van der Waals surface area contributed by atoms with E-state index in [9.17, 15) is 4.79 Å². The molecule has 1 aromatic rings. The molecule has 0 saturated carbocycles. The fourth-order valence-electron chi connectivity index (χ4n) is 1.52. The number of benzene rings is 1. The lowest BCUT2D eigenvalue weighted by molar-refractivity contribution is -0.142. The number of esters is 1. The van der Waals surface area contributed by atoms with E-state index in [-0.39, 0.29) is 12.1 Å². The van der Waals surface area contributed by atoms with Gasteiger partial charge in [0, 0.05) is 17.6 Å². The lowest BCUT2D eigenvalue weighted by atomic mass is 10.1. The van der Waals surface area contributed by atoms with Crippen molar-refractivity contribution < 1.29 is 19.0 Å². The Hall–Kier alpha value is -1.75. The Kier molecular flexibility index (Phi) is 5.82. The van der Waals surface area contributed by atoms with Crippen LogP contribution in [0, 0.1) is 0 Å². The molecular formula is C15H23NO4. The number of methoxy groups -OCH3 is 2. The summed E-state index contributed by atoms with van der Waals surface area (Å²) < 4.78 is 15.3. The quantitative estimate of drug-likeness (QED) is 0.810. The van der Waals surface area contributed by atoms with Crippen LogP contribution in [0.25, 0.3) is 0 Å². The van der Waals surface area contributed by atoms with E-state index in [1.807, 2.05) is 6.07 Å². The molecule has 5 nitrogen and oxygen atoms in total. The molecule has 0 bridgehead atoms. The van der Waals surface area contributed by atoms with E-state index in [0.29, 0.717) is 12.3 Å². The van der Waals surface area contributed by atoms with Gasteiger partial charge in [-0.15, -0.1) is 0 Å². The predicted molar refractivity (Wildman–Crippen MR) is 77.1 cm³/mol. The minimum atomic E-state index is -0.407. The second-order valence-corrected chi connectivity index (χ2v) is 5.44. The van der Waals surface area contributed by atoms with Gasteiger partial charge in [0.25, 0.3) is 0 Å². The molecule has 0 atom stereocenters. The maximum absolute atomic E-state index is 11.1. The van der Waals surface area contributed by atoms with Crippen molar-refractivity contribution >= 4 is 5.97 Å². The summed E-state index contributed by atoms with van der Waals surface area (Å²) in [6, 6.07) is 5.49. The SMILES string of the molecule is COC(=O)COc1ccc(OC)cc1CNC(C)(C)C. The van der Waals surface area contributed by atoms with E-state index >= 15 is 0 Å². The van der Waals surface area contributed by atoms with Gasteiger partial charge >= 0.3 is 5.97 Å². The smallest absolute Gasteiger partial charge is 0.343 e. The molecule has 0 amide bonds. The summed E-state index contributed by atoms with van der Waals surface area (Å²) >= 11 is 0. The van der Waals surface area contributed by atoms with Gasteiger partial charge in [-0.3, -0.25) is 0 Å².